The van der Waals surface area contributed by atoms with E-state index in [2.05, 4.69) is 29.9 Å². The van der Waals surface area contributed by atoms with E-state index in [-0.39, 0.29) is 0 Å². The van der Waals surface area contributed by atoms with Crippen molar-refractivity contribution in [3.63, 3.8) is 0 Å². The molecule has 0 aliphatic heterocycles. The van der Waals surface area contributed by atoms with Crippen LogP contribution in [0.5, 0.6) is 5.75 Å². The summed E-state index contributed by atoms with van der Waals surface area (Å²) >= 11 is 0. The molecule has 2 N–H and O–H groups in total. The van der Waals surface area contributed by atoms with Crippen molar-refractivity contribution >= 4 is 0 Å². The largest absolute Gasteiger partial charge is 0.496 e. The molecule has 3 nitrogen and oxygen atoms in total. The van der Waals surface area contributed by atoms with Crippen LogP contribution in [0.4, 0.5) is 0 Å². The lowest BCUT2D eigenvalue weighted by atomic mass is 10.1. The second-order valence-electron chi connectivity index (χ2n) is 5.17. The summed E-state index contributed by atoms with van der Waals surface area (Å²) in [4.78, 5) is 2.36. The van der Waals surface area contributed by atoms with Gasteiger partial charge < -0.3 is 15.4 Å². The van der Waals surface area contributed by atoms with Crippen molar-refractivity contribution in [1.82, 2.24) is 4.90 Å². The van der Waals surface area contributed by atoms with Crippen LogP contribution in [0.15, 0.2) is 18.2 Å². The predicted molar refractivity (Wildman–Crippen MR) is 78.0 cm³/mol. The molecule has 1 aliphatic rings. The van der Waals surface area contributed by atoms with Crippen LogP contribution in [0.1, 0.15) is 24.0 Å². The van der Waals surface area contributed by atoms with Crippen LogP contribution in [0.3, 0.4) is 0 Å². The van der Waals surface area contributed by atoms with Gasteiger partial charge in [0.2, 0.25) is 0 Å². The van der Waals surface area contributed by atoms with Crippen molar-refractivity contribution in [2.24, 2.45) is 11.7 Å². The molecule has 1 fully saturated rings. The lowest BCUT2D eigenvalue weighted by Crippen LogP contribution is -2.20. The highest BCUT2D eigenvalue weighted by molar-refractivity contribution is 5.44. The van der Waals surface area contributed by atoms with Crippen LogP contribution in [0.2, 0.25) is 0 Å². The highest BCUT2D eigenvalue weighted by Crippen LogP contribution is 2.30. The molecule has 0 spiro atoms. The summed E-state index contributed by atoms with van der Waals surface area (Å²) in [5.74, 6) is 7.79. The van der Waals surface area contributed by atoms with E-state index in [0.717, 1.165) is 23.8 Å². The molecule has 0 unspecified atom stereocenters. The number of benzene rings is 1. The predicted octanol–water partition coefficient (Wildman–Crippen LogP) is 1.85. The van der Waals surface area contributed by atoms with Crippen LogP contribution >= 0.6 is 0 Å². The van der Waals surface area contributed by atoms with Gasteiger partial charge in [-0.2, -0.15) is 0 Å². The van der Waals surface area contributed by atoms with Crippen LogP contribution in [0.25, 0.3) is 0 Å². The summed E-state index contributed by atoms with van der Waals surface area (Å²) in [6, 6.07) is 6.07. The number of ether oxygens (including phenoxy) is 1. The zero-order chi connectivity index (χ0) is 13.7. The molecule has 1 aromatic rings. The smallest absolute Gasteiger partial charge is 0.123 e. The number of methoxy groups -OCH3 is 1. The highest BCUT2D eigenvalue weighted by atomic mass is 16.5. The number of hydrogen-bond acceptors (Lipinski definition) is 3. The first kappa shape index (κ1) is 13.9. The average Bonchev–Trinajstić information content (AvgIpc) is 3.20. The maximum absolute atomic E-state index is 5.43. The van der Waals surface area contributed by atoms with Gasteiger partial charge in [-0.15, -0.1) is 0 Å². The van der Waals surface area contributed by atoms with E-state index in [0.29, 0.717) is 6.54 Å². The number of nitrogens with two attached hydrogens (primary N) is 1. The lowest BCUT2D eigenvalue weighted by molar-refractivity contribution is 0.305. The minimum absolute atomic E-state index is 0.392. The highest BCUT2D eigenvalue weighted by Gasteiger charge is 2.23. The molecular formula is C16H22N2O. The topological polar surface area (TPSA) is 38.5 Å². The number of nitrogens with zero attached hydrogens (tertiary/aromatic N) is 1. The molecule has 0 saturated heterocycles. The third kappa shape index (κ3) is 4.27. The number of rotatable bonds is 5. The Labute approximate surface area is 115 Å². The molecule has 0 bridgehead atoms. The van der Waals surface area contributed by atoms with E-state index >= 15 is 0 Å². The summed E-state index contributed by atoms with van der Waals surface area (Å²) in [6.45, 7) is 2.46. The van der Waals surface area contributed by atoms with Crippen molar-refractivity contribution in [2.45, 2.75) is 19.4 Å². The Morgan fingerprint density at radius 2 is 2.21 bits per heavy atom. The molecule has 0 aromatic heterocycles. The van der Waals surface area contributed by atoms with Crippen LogP contribution in [-0.2, 0) is 6.54 Å². The molecule has 1 aromatic carbocycles. The fourth-order valence-corrected chi connectivity index (χ4v) is 2.23. The Balaban J connectivity index is 2.10. The second-order valence-corrected chi connectivity index (χ2v) is 5.17. The maximum Gasteiger partial charge on any atom is 0.123 e. The zero-order valence-electron chi connectivity index (χ0n) is 11.8. The number of hydrogen-bond donors (Lipinski definition) is 1. The molecule has 2 rings (SSSR count). The molecule has 102 valence electrons. The van der Waals surface area contributed by atoms with Gasteiger partial charge in [0.1, 0.15) is 5.75 Å². The molecular weight excluding hydrogens is 236 g/mol. The fraction of sp³-hybridized carbons (Fsp3) is 0.500. The Kier molecular flexibility index (Phi) is 4.84. The Morgan fingerprint density at radius 1 is 1.42 bits per heavy atom. The monoisotopic (exact) mass is 258 g/mol. The second kappa shape index (κ2) is 6.60. The van der Waals surface area contributed by atoms with Crippen molar-refractivity contribution in [3.8, 4) is 17.6 Å². The van der Waals surface area contributed by atoms with Crippen LogP contribution in [-0.4, -0.2) is 32.1 Å². The van der Waals surface area contributed by atoms with Crippen molar-refractivity contribution in [2.75, 3.05) is 27.2 Å². The van der Waals surface area contributed by atoms with E-state index in [1.165, 1.54) is 24.9 Å². The average molecular weight is 258 g/mol. The van der Waals surface area contributed by atoms with Gasteiger partial charge >= 0.3 is 0 Å². The molecule has 0 heterocycles. The first-order valence-electron chi connectivity index (χ1n) is 6.77. The Bertz CT molecular complexity index is 483. The Morgan fingerprint density at radius 3 is 2.84 bits per heavy atom. The van der Waals surface area contributed by atoms with Gasteiger partial charge in [-0.05, 0) is 44.0 Å². The van der Waals surface area contributed by atoms with E-state index < -0.39 is 0 Å². The summed E-state index contributed by atoms with van der Waals surface area (Å²) in [5.41, 5.74) is 7.60. The van der Waals surface area contributed by atoms with E-state index in [9.17, 15) is 0 Å². The van der Waals surface area contributed by atoms with Gasteiger partial charge in [0, 0.05) is 24.2 Å². The molecule has 1 saturated carbocycles. The van der Waals surface area contributed by atoms with E-state index in [1.54, 1.807) is 7.11 Å². The van der Waals surface area contributed by atoms with Crippen molar-refractivity contribution in [1.29, 1.82) is 0 Å². The third-order valence-corrected chi connectivity index (χ3v) is 3.32. The van der Waals surface area contributed by atoms with Gasteiger partial charge in [0.25, 0.3) is 0 Å². The quantitative estimate of drug-likeness (QED) is 0.819. The minimum atomic E-state index is 0.392. The standard InChI is InChI=1S/C16H22N2O/c1-18(11-14-5-6-14)12-15-10-13(4-3-9-17)7-8-16(15)19-2/h7-8,10,14H,5-6,9,11-12,17H2,1-2H3. The normalized spacial score (nSPS) is 14.1. The molecule has 1 aliphatic carbocycles. The van der Waals surface area contributed by atoms with Crippen LogP contribution in [0, 0.1) is 17.8 Å². The van der Waals surface area contributed by atoms with Gasteiger partial charge in [0.15, 0.2) is 0 Å². The van der Waals surface area contributed by atoms with E-state index in [4.69, 9.17) is 10.5 Å². The van der Waals surface area contributed by atoms with Gasteiger partial charge in [0.05, 0.1) is 13.7 Å². The molecule has 0 radical (unpaired) electrons. The summed E-state index contributed by atoms with van der Waals surface area (Å²) in [6.07, 6.45) is 2.76. The van der Waals surface area contributed by atoms with Gasteiger partial charge in [-0.3, -0.25) is 0 Å². The Hall–Kier alpha value is -1.50. The minimum Gasteiger partial charge on any atom is -0.496 e. The molecule has 3 heteroatoms. The zero-order valence-corrected chi connectivity index (χ0v) is 11.8. The van der Waals surface area contributed by atoms with Gasteiger partial charge in [-0.25, -0.2) is 0 Å². The lowest BCUT2D eigenvalue weighted by Gasteiger charge is -2.18. The van der Waals surface area contributed by atoms with Crippen molar-refractivity contribution < 1.29 is 4.74 Å². The maximum atomic E-state index is 5.43. The first-order valence-corrected chi connectivity index (χ1v) is 6.77. The summed E-state index contributed by atoms with van der Waals surface area (Å²) in [5, 5.41) is 0. The van der Waals surface area contributed by atoms with Gasteiger partial charge in [-0.1, -0.05) is 11.8 Å². The SMILES string of the molecule is COc1ccc(C#CCN)cc1CN(C)CC1CC1. The van der Waals surface area contributed by atoms with E-state index in [1.807, 2.05) is 12.1 Å². The fourth-order valence-electron chi connectivity index (χ4n) is 2.23. The van der Waals surface area contributed by atoms with Crippen molar-refractivity contribution in [3.05, 3.63) is 29.3 Å². The summed E-state index contributed by atoms with van der Waals surface area (Å²) in [7, 11) is 3.88. The summed E-state index contributed by atoms with van der Waals surface area (Å²) < 4.78 is 5.43. The van der Waals surface area contributed by atoms with Crippen LogP contribution < -0.4 is 10.5 Å². The third-order valence-electron chi connectivity index (χ3n) is 3.32. The molecule has 0 amide bonds. The molecule has 0 atom stereocenters. The first-order chi connectivity index (χ1) is 9.22. The molecule has 19 heavy (non-hydrogen) atoms.